The fourth-order valence-corrected chi connectivity index (χ4v) is 0.452. The number of carbonyl (C=O) groups is 1. The van der Waals surface area contributed by atoms with Gasteiger partial charge in [-0.05, 0) is 0 Å². The Labute approximate surface area is 53.9 Å². The third-order valence-electron chi connectivity index (χ3n) is 1.12. The van der Waals surface area contributed by atoms with Crippen molar-refractivity contribution in [2.45, 2.75) is 19.4 Å². The quantitative estimate of drug-likeness (QED) is 0.408. The second-order valence-electron chi connectivity index (χ2n) is 1.99. The van der Waals surface area contributed by atoms with Gasteiger partial charge in [0.05, 0.1) is 6.61 Å². The Kier molecular flexibility index (Phi) is 2.05. The van der Waals surface area contributed by atoms with Gasteiger partial charge in [0.15, 0.2) is 0 Å². The van der Waals surface area contributed by atoms with Crippen LogP contribution in [0.3, 0.4) is 0 Å². The normalized spacial score (nSPS) is 23.4. The van der Waals surface area contributed by atoms with E-state index in [0.717, 1.165) is 6.61 Å². The molecule has 3 nitrogen and oxygen atoms in total. The van der Waals surface area contributed by atoms with Crippen LogP contribution in [-0.4, -0.2) is 25.3 Å². The Morgan fingerprint density at radius 3 is 3.00 bits per heavy atom. The van der Waals surface area contributed by atoms with Crippen molar-refractivity contribution in [1.29, 1.82) is 0 Å². The molecule has 0 spiro atoms. The van der Waals surface area contributed by atoms with E-state index in [0.29, 0.717) is 13.0 Å². The fraction of sp³-hybridized carbons (Fsp3) is 0.833. The second-order valence-corrected chi connectivity index (χ2v) is 1.99. The van der Waals surface area contributed by atoms with Gasteiger partial charge < -0.3 is 9.47 Å². The molecule has 0 aromatic heterocycles. The fourth-order valence-electron chi connectivity index (χ4n) is 0.452. The minimum absolute atomic E-state index is 0.148. The predicted octanol–water partition coefficient (Wildman–Crippen LogP) is 0.338. The zero-order valence-corrected chi connectivity index (χ0v) is 5.42. The Hall–Kier alpha value is -0.570. The summed E-state index contributed by atoms with van der Waals surface area (Å²) in [5.41, 5.74) is 0. The number of ether oxygens (including phenoxy) is 2. The number of carbonyl (C=O) groups excluding carboxylic acids is 1. The lowest BCUT2D eigenvalue weighted by molar-refractivity contribution is -0.143. The third kappa shape index (κ3) is 2.46. The van der Waals surface area contributed by atoms with Crippen LogP contribution in [0.25, 0.3) is 0 Å². The van der Waals surface area contributed by atoms with Gasteiger partial charge in [0.1, 0.15) is 12.7 Å². The van der Waals surface area contributed by atoms with Gasteiger partial charge in [0.2, 0.25) is 0 Å². The summed E-state index contributed by atoms with van der Waals surface area (Å²) in [5.74, 6) is -0.148. The van der Waals surface area contributed by atoms with Gasteiger partial charge in [0, 0.05) is 6.42 Å². The van der Waals surface area contributed by atoms with Crippen molar-refractivity contribution in [1.82, 2.24) is 0 Å². The van der Waals surface area contributed by atoms with Gasteiger partial charge in [-0.3, -0.25) is 4.79 Å². The molecule has 1 rings (SSSR count). The Balaban J connectivity index is 1.96. The highest BCUT2D eigenvalue weighted by Gasteiger charge is 2.23. The smallest absolute Gasteiger partial charge is 0.305 e. The van der Waals surface area contributed by atoms with E-state index in [9.17, 15) is 4.79 Å². The van der Waals surface area contributed by atoms with E-state index >= 15 is 0 Å². The SMILES string of the molecule is CCC(=O)OC[C@@H]1CO1. The Morgan fingerprint density at radius 2 is 2.56 bits per heavy atom. The molecule has 1 heterocycles. The lowest BCUT2D eigenvalue weighted by Crippen LogP contribution is -2.07. The summed E-state index contributed by atoms with van der Waals surface area (Å²) >= 11 is 0. The summed E-state index contributed by atoms with van der Waals surface area (Å²) in [4.78, 5) is 10.5. The molecular weight excluding hydrogens is 120 g/mol. The van der Waals surface area contributed by atoms with Crippen LogP contribution >= 0.6 is 0 Å². The lowest BCUT2D eigenvalue weighted by Gasteiger charge is -1.97. The standard InChI is InChI=1S/C6H10O3/c1-2-6(7)9-4-5-3-8-5/h5H,2-4H2,1H3/t5-/m0/s1. The Morgan fingerprint density at radius 1 is 1.89 bits per heavy atom. The molecule has 0 saturated carbocycles. The van der Waals surface area contributed by atoms with Gasteiger partial charge in [0.25, 0.3) is 0 Å². The number of epoxide rings is 1. The number of rotatable bonds is 3. The molecule has 1 aliphatic heterocycles. The molecule has 0 amide bonds. The summed E-state index contributed by atoms with van der Waals surface area (Å²) in [7, 11) is 0. The van der Waals surface area contributed by atoms with Crippen LogP contribution in [0, 0.1) is 0 Å². The summed E-state index contributed by atoms with van der Waals surface area (Å²) in [6.07, 6.45) is 0.646. The van der Waals surface area contributed by atoms with Crippen LogP contribution in [0.1, 0.15) is 13.3 Å². The first kappa shape index (κ1) is 6.55. The summed E-state index contributed by atoms with van der Waals surface area (Å²) in [6.45, 7) is 2.96. The predicted molar refractivity (Wildman–Crippen MR) is 31.0 cm³/mol. The Bertz CT molecular complexity index is 107. The van der Waals surface area contributed by atoms with Gasteiger partial charge in [-0.1, -0.05) is 6.92 Å². The second kappa shape index (κ2) is 2.82. The van der Waals surface area contributed by atoms with E-state index in [-0.39, 0.29) is 12.1 Å². The zero-order valence-electron chi connectivity index (χ0n) is 5.42. The van der Waals surface area contributed by atoms with Crippen LogP contribution in [0.5, 0.6) is 0 Å². The lowest BCUT2D eigenvalue weighted by atomic mass is 10.5. The molecule has 0 bridgehead atoms. The molecular formula is C6H10O3. The molecule has 3 heteroatoms. The molecule has 9 heavy (non-hydrogen) atoms. The average molecular weight is 130 g/mol. The van der Waals surface area contributed by atoms with Crippen LogP contribution < -0.4 is 0 Å². The third-order valence-corrected chi connectivity index (χ3v) is 1.12. The van der Waals surface area contributed by atoms with Crippen LogP contribution in [0.15, 0.2) is 0 Å². The highest BCUT2D eigenvalue weighted by atomic mass is 16.6. The van der Waals surface area contributed by atoms with Crippen molar-refractivity contribution >= 4 is 5.97 Å². The first-order valence-corrected chi connectivity index (χ1v) is 3.10. The van der Waals surface area contributed by atoms with Crippen LogP contribution in [0.4, 0.5) is 0 Å². The van der Waals surface area contributed by atoms with E-state index in [1.165, 1.54) is 0 Å². The molecule has 0 radical (unpaired) electrons. The van der Waals surface area contributed by atoms with Gasteiger partial charge >= 0.3 is 5.97 Å². The molecule has 1 saturated heterocycles. The summed E-state index contributed by atoms with van der Waals surface area (Å²) in [5, 5.41) is 0. The van der Waals surface area contributed by atoms with Crippen molar-refractivity contribution in [3.05, 3.63) is 0 Å². The largest absolute Gasteiger partial charge is 0.463 e. The van der Waals surface area contributed by atoms with Crippen LogP contribution in [0.2, 0.25) is 0 Å². The van der Waals surface area contributed by atoms with E-state index in [2.05, 4.69) is 0 Å². The first-order valence-electron chi connectivity index (χ1n) is 3.10. The van der Waals surface area contributed by atoms with Gasteiger partial charge in [-0.15, -0.1) is 0 Å². The van der Waals surface area contributed by atoms with Gasteiger partial charge in [-0.2, -0.15) is 0 Å². The highest BCUT2D eigenvalue weighted by Crippen LogP contribution is 2.08. The van der Waals surface area contributed by atoms with Crippen LogP contribution in [-0.2, 0) is 14.3 Å². The topological polar surface area (TPSA) is 38.8 Å². The van der Waals surface area contributed by atoms with Crippen molar-refractivity contribution in [3.8, 4) is 0 Å². The first-order chi connectivity index (χ1) is 4.33. The molecule has 1 atom stereocenters. The molecule has 0 unspecified atom stereocenters. The van der Waals surface area contributed by atoms with Crippen molar-refractivity contribution in [3.63, 3.8) is 0 Å². The summed E-state index contributed by atoms with van der Waals surface area (Å²) in [6, 6.07) is 0. The number of hydrogen-bond donors (Lipinski definition) is 0. The van der Waals surface area contributed by atoms with Crippen molar-refractivity contribution in [2.75, 3.05) is 13.2 Å². The van der Waals surface area contributed by atoms with E-state index in [1.54, 1.807) is 6.92 Å². The molecule has 0 N–H and O–H groups in total. The zero-order chi connectivity index (χ0) is 6.69. The van der Waals surface area contributed by atoms with E-state index in [4.69, 9.17) is 9.47 Å². The minimum Gasteiger partial charge on any atom is -0.463 e. The summed E-state index contributed by atoms with van der Waals surface area (Å²) < 4.78 is 9.58. The number of hydrogen-bond acceptors (Lipinski definition) is 3. The molecule has 1 aliphatic rings. The maximum absolute atomic E-state index is 10.5. The molecule has 0 aliphatic carbocycles. The highest BCUT2D eigenvalue weighted by molar-refractivity contribution is 5.68. The maximum Gasteiger partial charge on any atom is 0.305 e. The molecule has 1 fully saturated rings. The van der Waals surface area contributed by atoms with Crippen molar-refractivity contribution in [2.24, 2.45) is 0 Å². The number of esters is 1. The average Bonchev–Trinajstić information content (AvgIpc) is 2.65. The minimum atomic E-state index is -0.148. The van der Waals surface area contributed by atoms with E-state index < -0.39 is 0 Å². The molecule has 0 aromatic rings. The molecule has 0 aromatic carbocycles. The van der Waals surface area contributed by atoms with Gasteiger partial charge in [-0.25, -0.2) is 0 Å². The monoisotopic (exact) mass is 130 g/mol. The maximum atomic E-state index is 10.5. The van der Waals surface area contributed by atoms with Crippen molar-refractivity contribution < 1.29 is 14.3 Å². The molecule has 52 valence electrons. The van der Waals surface area contributed by atoms with E-state index in [1.807, 2.05) is 0 Å².